The Morgan fingerprint density at radius 3 is 2.94 bits per heavy atom. The molecule has 0 amide bonds. The molecule has 1 aliphatic rings. The maximum absolute atomic E-state index is 14.0. The van der Waals surface area contributed by atoms with Gasteiger partial charge in [-0.3, -0.25) is 0 Å². The van der Waals surface area contributed by atoms with E-state index in [1.807, 2.05) is 6.07 Å². The lowest BCUT2D eigenvalue weighted by molar-refractivity contribution is 0.432. The smallest absolute Gasteiger partial charge is 0.128 e. The summed E-state index contributed by atoms with van der Waals surface area (Å²) < 4.78 is 14.0. The number of halogens is 2. The third-order valence-electron chi connectivity index (χ3n) is 4.01. The van der Waals surface area contributed by atoms with E-state index < -0.39 is 0 Å². The van der Waals surface area contributed by atoms with Gasteiger partial charge in [0, 0.05) is 11.1 Å². The second-order valence-corrected chi connectivity index (χ2v) is 6.02. The molecule has 1 fully saturated rings. The first-order chi connectivity index (χ1) is 8.55. The molecule has 1 aromatic carbocycles. The molecule has 1 aliphatic carbocycles. The molecular weight excluding hydrogens is 249 g/mol. The summed E-state index contributed by atoms with van der Waals surface area (Å²) in [6.45, 7) is 5.37. The van der Waals surface area contributed by atoms with Gasteiger partial charge < -0.3 is 5.32 Å². The van der Waals surface area contributed by atoms with Crippen LogP contribution in [0.3, 0.4) is 0 Å². The molecule has 18 heavy (non-hydrogen) atoms. The van der Waals surface area contributed by atoms with Crippen molar-refractivity contribution >= 4 is 11.6 Å². The summed E-state index contributed by atoms with van der Waals surface area (Å²) in [6.07, 6.45) is 4.31. The van der Waals surface area contributed by atoms with Crippen molar-refractivity contribution in [3.8, 4) is 0 Å². The highest BCUT2D eigenvalue weighted by Crippen LogP contribution is 2.42. The van der Waals surface area contributed by atoms with Gasteiger partial charge in [-0.25, -0.2) is 4.39 Å². The van der Waals surface area contributed by atoms with E-state index in [1.165, 1.54) is 6.07 Å². The van der Waals surface area contributed by atoms with Crippen molar-refractivity contribution < 1.29 is 4.39 Å². The van der Waals surface area contributed by atoms with E-state index in [9.17, 15) is 4.39 Å². The van der Waals surface area contributed by atoms with E-state index in [0.717, 1.165) is 37.8 Å². The van der Waals surface area contributed by atoms with Crippen molar-refractivity contribution in [3.05, 3.63) is 34.6 Å². The van der Waals surface area contributed by atoms with Gasteiger partial charge >= 0.3 is 0 Å². The molecule has 1 nitrogen and oxygen atoms in total. The van der Waals surface area contributed by atoms with Gasteiger partial charge in [-0.15, -0.1) is 0 Å². The van der Waals surface area contributed by atoms with Crippen LogP contribution in [0.2, 0.25) is 5.02 Å². The van der Waals surface area contributed by atoms with Crippen LogP contribution in [0.5, 0.6) is 0 Å². The molecule has 0 saturated heterocycles. The zero-order chi connectivity index (χ0) is 13.2. The second kappa shape index (κ2) is 5.58. The fourth-order valence-corrected chi connectivity index (χ4v) is 3.15. The predicted molar refractivity (Wildman–Crippen MR) is 74.7 cm³/mol. The minimum Gasteiger partial charge on any atom is -0.314 e. The fraction of sp³-hybridized carbons (Fsp3) is 0.600. The number of benzene rings is 1. The van der Waals surface area contributed by atoms with E-state index in [-0.39, 0.29) is 11.2 Å². The number of nitrogens with one attached hydrogen (secondary N) is 1. The summed E-state index contributed by atoms with van der Waals surface area (Å²) in [4.78, 5) is 0. The molecule has 1 aromatic rings. The van der Waals surface area contributed by atoms with Crippen LogP contribution in [0.25, 0.3) is 0 Å². The van der Waals surface area contributed by atoms with Crippen LogP contribution < -0.4 is 5.32 Å². The Morgan fingerprint density at radius 2 is 2.28 bits per heavy atom. The standard InChI is InChI=1S/C15H21ClFN/c1-3-8-18-12-6-7-15(2,10-12)13-5-4-11(16)9-14(13)17/h4-5,9,12,18H,3,6-8,10H2,1-2H3. The molecule has 100 valence electrons. The predicted octanol–water partition coefficient (Wildman–Crippen LogP) is 4.29. The highest BCUT2D eigenvalue weighted by molar-refractivity contribution is 6.30. The van der Waals surface area contributed by atoms with E-state index in [4.69, 9.17) is 11.6 Å². The van der Waals surface area contributed by atoms with Crippen LogP contribution in [-0.2, 0) is 5.41 Å². The van der Waals surface area contributed by atoms with Gasteiger partial charge in [-0.05, 0) is 55.3 Å². The number of hydrogen-bond donors (Lipinski definition) is 1. The van der Waals surface area contributed by atoms with Gasteiger partial charge in [-0.2, -0.15) is 0 Å². The molecule has 3 heteroatoms. The van der Waals surface area contributed by atoms with Gasteiger partial charge in [0.25, 0.3) is 0 Å². The third kappa shape index (κ3) is 2.86. The zero-order valence-electron chi connectivity index (χ0n) is 11.1. The zero-order valence-corrected chi connectivity index (χ0v) is 11.9. The van der Waals surface area contributed by atoms with Crippen LogP contribution >= 0.6 is 11.6 Å². The Morgan fingerprint density at radius 1 is 1.50 bits per heavy atom. The summed E-state index contributed by atoms with van der Waals surface area (Å²) in [5, 5.41) is 4.01. The maximum Gasteiger partial charge on any atom is 0.128 e. The Hall–Kier alpha value is -0.600. The SMILES string of the molecule is CCCNC1CCC(C)(c2ccc(Cl)cc2F)C1. The normalized spacial score (nSPS) is 27.7. The third-order valence-corrected chi connectivity index (χ3v) is 4.24. The van der Waals surface area contributed by atoms with Crippen molar-refractivity contribution in [2.45, 2.75) is 51.0 Å². The highest BCUT2D eigenvalue weighted by Gasteiger charge is 2.37. The molecule has 2 atom stereocenters. The molecule has 0 spiro atoms. The molecular formula is C15H21ClFN. The lowest BCUT2D eigenvalue weighted by atomic mass is 9.80. The molecule has 1 saturated carbocycles. The minimum atomic E-state index is -0.166. The molecule has 0 bridgehead atoms. The summed E-state index contributed by atoms with van der Waals surface area (Å²) in [6, 6.07) is 5.58. The average molecular weight is 270 g/mol. The van der Waals surface area contributed by atoms with Gasteiger partial charge in [0.15, 0.2) is 0 Å². The lowest BCUT2D eigenvalue weighted by Crippen LogP contribution is -2.29. The van der Waals surface area contributed by atoms with E-state index in [2.05, 4.69) is 19.2 Å². The van der Waals surface area contributed by atoms with Gasteiger partial charge in [0.2, 0.25) is 0 Å². The quantitative estimate of drug-likeness (QED) is 0.860. The van der Waals surface area contributed by atoms with Crippen molar-refractivity contribution in [2.24, 2.45) is 0 Å². The van der Waals surface area contributed by atoms with Crippen LogP contribution in [0.1, 0.15) is 45.1 Å². The lowest BCUT2D eigenvalue weighted by Gasteiger charge is -2.25. The minimum absolute atomic E-state index is 0.0555. The van der Waals surface area contributed by atoms with Crippen LogP contribution in [0.15, 0.2) is 18.2 Å². The Balaban J connectivity index is 2.12. The molecule has 0 heterocycles. The Bertz CT molecular complexity index is 421. The first-order valence-electron chi connectivity index (χ1n) is 6.74. The Kier molecular flexibility index (Phi) is 4.29. The number of hydrogen-bond acceptors (Lipinski definition) is 1. The molecule has 2 unspecified atom stereocenters. The topological polar surface area (TPSA) is 12.0 Å². The van der Waals surface area contributed by atoms with E-state index in [1.54, 1.807) is 6.07 Å². The van der Waals surface area contributed by atoms with Crippen LogP contribution in [0, 0.1) is 5.82 Å². The summed E-state index contributed by atoms with van der Waals surface area (Å²) in [5.41, 5.74) is 0.757. The molecule has 0 aliphatic heterocycles. The van der Waals surface area contributed by atoms with E-state index in [0.29, 0.717) is 11.1 Å². The van der Waals surface area contributed by atoms with Gasteiger partial charge in [0.05, 0.1) is 0 Å². The first kappa shape index (κ1) is 13.8. The molecule has 0 radical (unpaired) electrons. The van der Waals surface area contributed by atoms with Gasteiger partial charge in [0.1, 0.15) is 5.82 Å². The number of rotatable bonds is 4. The highest BCUT2D eigenvalue weighted by atomic mass is 35.5. The van der Waals surface area contributed by atoms with Crippen molar-refractivity contribution in [3.63, 3.8) is 0 Å². The van der Waals surface area contributed by atoms with Crippen molar-refractivity contribution in [1.82, 2.24) is 5.32 Å². The van der Waals surface area contributed by atoms with Gasteiger partial charge in [-0.1, -0.05) is 31.5 Å². The first-order valence-corrected chi connectivity index (χ1v) is 7.12. The molecule has 0 aromatic heterocycles. The van der Waals surface area contributed by atoms with E-state index >= 15 is 0 Å². The van der Waals surface area contributed by atoms with Crippen LogP contribution in [0.4, 0.5) is 4.39 Å². The average Bonchev–Trinajstić information content (AvgIpc) is 2.69. The Labute approximate surface area is 114 Å². The monoisotopic (exact) mass is 269 g/mol. The van der Waals surface area contributed by atoms with Crippen molar-refractivity contribution in [2.75, 3.05) is 6.54 Å². The van der Waals surface area contributed by atoms with Crippen molar-refractivity contribution in [1.29, 1.82) is 0 Å². The fourth-order valence-electron chi connectivity index (χ4n) is 2.99. The largest absolute Gasteiger partial charge is 0.314 e. The maximum atomic E-state index is 14.0. The molecule has 1 N–H and O–H groups in total. The second-order valence-electron chi connectivity index (χ2n) is 5.58. The summed E-state index contributed by atoms with van der Waals surface area (Å²) >= 11 is 5.81. The molecule has 2 rings (SSSR count). The summed E-state index contributed by atoms with van der Waals surface area (Å²) in [7, 11) is 0. The van der Waals surface area contributed by atoms with Crippen LogP contribution in [-0.4, -0.2) is 12.6 Å². The summed E-state index contributed by atoms with van der Waals surface area (Å²) in [5.74, 6) is -0.166.